The van der Waals surface area contributed by atoms with Crippen molar-refractivity contribution in [1.29, 1.82) is 0 Å². The van der Waals surface area contributed by atoms with Gasteiger partial charge < -0.3 is 14.5 Å². The van der Waals surface area contributed by atoms with Gasteiger partial charge in [-0.15, -0.1) is 10.2 Å². The predicted octanol–water partition coefficient (Wildman–Crippen LogP) is 4.74. The highest BCUT2D eigenvalue weighted by Crippen LogP contribution is 2.21. The molecular formula is C22H25N3O3S. The fourth-order valence-corrected chi connectivity index (χ4v) is 3.28. The van der Waals surface area contributed by atoms with E-state index >= 15 is 0 Å². The van der Waals surface area contributed by atoms with Crippen LogP contribution < -0.4 is 10.1 Å². The van der Waals surface area contributed by atoms with Gasteiger partial charge in [-0.3, -0.25) is 4.79 Å². The molecule has 0 bridgehead atoms. The average Bonchev–Trinajstić information content (AvgIpc) is 3.19. The molecule has 6 nitrogen and oxygen atoms in total. The van der Waals surface area contributed by atoms with Gasteiger partial charge in [0.05, 0.1) is 11.8 Å². The molecule has 1 amide bonds. The second-order valence-electron chi connectivity index (χ2n) is 6.96. The lowest BCUT2D eigenvalue weighted by molar-refractivity contribution is -0.119. The van der Waals surface area contributed by atoms with Crippen LogP contribution in [0.5, 0.6) is 5.75 Å². The Labute approximate surface area is 175 Å². The van der Waals surface area contributed by atoms with Crippen LogP contribution in [0, 0.1) is 0 Å². The van der Waals surface area contributed by atoms with Gasteiger partial charge in [0.2, 0.25) is 5.91 Å². The molecule has 152 valence electrons. The van der Waals surface area contributed by atoms with Crippen LogP contribution in [0.25, 0.3) is 0 Å². The Balaban J connectivity index is 1.43. The standard InChI is InChI=1S/C22H25N3O3S/c1-15(2)17-9-11-19(12-10-17)27-13-21-24-25-22(28-21)29-14-20(26)23-16(3)18-7-5-4-6-8-18/h4-12,15-16H,13-14H2,1-3H3,(H,23,26)/t16-/m1/s1. The summed E-state index contributed by atoms with van der Waals surface area (Å²) in [6.45, 7) is 6.44. The van der Waals surface area contributed by atoms with Crippen LogP contribution in [-0.2, 0) is 11.4 Å². The first-order chi connectivity index (χ1) is 14.0. The molecule has 0 aliphatic rings. The number of benzene rings is 2. The summed E-state index contributed by atoms with van der Waals surface area (Å²) in [6, 6.07) is 17.7. The molecule has 3 rings (SSSR count). The van der Waals surface area contributed by atoms with E-state index in [9.17, 15) is 4.79 Å². The number of hydrogen-bond acceptors (Lipinski definition) is 6. The summed E-state index contributed by atoms with van der Waals surface area (Å²) in [5.41, 5.74) is 2.32. The molecule has 0 fully saturated rings. The van der Waals surface area contributed by atoms with Gasteiger partial charge in [0.1, 0.15) is 5.75 Å². The van der Waals surface area contributed by atoms with Crippen LogP contribution in [0.4, 0.5) is 0 Å². The molecule has 0 saturated carbocycles. The first-order valence-corrected chi connectivity index (χ1v) is 10.5. The molecule has 1 N–H and O–H groups in total. The number of carbonyl (C=O) groups is 1. The van der Waals surface area contributed by atoms with Gasteiger partial charge in [-0.1, -0.05) is 68.1 Å². The summed E-state index contributed by atoms with van der Waals surface area (Å²) in [7, 11) is 0. The zero-order valence-corrected chi connectivity index (χ0v) is 17.6. The van der Waals surface area contributed by atoms with Crippen molar-refractivity contribution in [1.82, 2.24) is 15.5 Å². The minimum atomic E-state index is -0.0902. The van der Waals surface area contributed by atoms with Crippen molar-refractivity contribution in [3.05, 3.63) is 71.6 Å². The Morgan fingerprint density at radius 2 is 1.76 bits per heavy atom. The topological polar surface area (TPSA) is 77.2 Å². The number of hydrogen-bond donors (Lipinski definition) is 1. The zero-order valence-electron chi connectivity index (χ0n) is 16.8. The third-order valence-electron chi connectivity index (χ3n) is 4.36. The van der Waals surface area contributed by atoms with E-state index in [2.05, 4.69) is 29.4 Å². The lowest BCUT2D eigenvalue weighted by atomic mass is 10.0. The lowest BCUT2D eigenvalue weighted by Crippen LogP contribution is -2.28. The van der Waals surface area contributed by atoms with E-state index in [1.165, 1.54) is 17.3 Å². The summed E-state index contributed by atoms with van der Waals surface area (Å²) in [5, 5.41) is 11.2. The number of aromatic nitrogens is 2. The highest BCUT2D eigenvalue weighted by Gasteiger charge is 2.13. The molecule has 0 aliphatic carbocycles. The highest BCUT2D eigenvalue weighted by atomic mass is 32.2. The van der Waals surface area contributed by atoms with Gasteiger partial charge in [0.25, 0.3) is 11.1 Å². The molecule has 1 aromatic heterocycles. The highest BCUT2D eigenvalue weighted by molar-refractivity contribution is 7.99. The van der Waals surface area contributed by atoms with E-state index in [0.29, 0.717) is 17.0 Å². The van der Waals surface area contributed by atoms with E-state index in [4.69, 9.17) is 9.15 Å². The molecule has 2 aromatic carbocycles. The molecule has 0 unspecified atom stereocenters. The fourth-order valence-electron chi connectivity index (χ4n) is 2.68. The van der Waals surface area contributed by atoms with Gasteiger partial charge in [0.15, 0.2) is 6.61 Å². The Morgan fingerprint density at radius 3 is 2.45 bits per heavy atom. The van der Waals surface area contributed by atoms with Crippen LogP contribution in [0.3, 0.4) is 0 Å². The maximum atomic E-state index is 12.1. The summed E-state index contributed by atoms with van der Waals surface area (Å²) >= 11 is 1.21. The largest absolute Gasteiger partial charge is 0.484 e. The molecule has 1 atom stereocenters. The maximum absolute atomic E-state index is 12.1. The molecule has 1 heterocycles. The summed E-state index contributed by atoms with van der Waals surface area (Å²) in [4.78, 5) is 12.1. The van der Waals surface area contributed by atoms with Crippen LogP contribution in [-0.4, -0.2) is 21.9 Å². The smallest absolute Gasteiger partial charge is 0.277 e. The molecule has 3 aromatic rings. The normalized spacial score (nSPS) is 12.0. The number of ether oxygens (including phenoxy) is 1. The average molecular weight is 412 g/mol. The van der Waals surface area contributed by atoms with Gasteiger partial charge in [-0.25, -0.2) is 0 Å². The second-order valence-corrected chi connectivity index (χ2v) is 7.89. The lowest BCUT2D eigenvalue weighted by Gasteiger charge is -2.13. The van der Waals surface area contributed by atoms with Crippen LogP contribution in [0.2, 0.25) is 0 Å². The van der Waals surface area contributed by atoms with E-state index in [1.54, 1.807) is 0 Å². The molecule has 0 radical (unpaired) electrons. The maximum Gasteiger partial charge on any atom is 0.277 e. The number of thioether (sulfide) groups is 1. The van der Waals surface area contributed by atoms with Crippen molar-refractivity contribution in [3.8, 4) is 5.75 Å². The molecule has 29 heavy (non-hydrogen) atoms. The van der Waals surface area contributed by atoms with Crippen molar-refractivity contribution >= 4 is 17.7 Å². The SMILES string of the molecule is CC(C)c1ccc(OCc2nnc(SCC(=O)N[C@H](C)c3ccccc3)o2)cc1. The predicted molar refractivity (Wildman–Crippen MR) is 113 cm³/mol. The van der Waals surface area contributed by atoms with Crippen molar-refractivity contribution in [2.24, 2.45) is 0 Å². The summed E-state index contributed by atoms with van der Waals surface area (Å²) in [6.07, 6.45) is 0. The zero-order chi connectivity index (χ0) is 20.6. The van der Waals surface area contributed by atoms with Crippen LogP contribution in [0.1, 0.15) is 49.7 Å². The molecule has 0 saturated heterocycles. The quantitative estimate of drug-likeness (QED) is 0.513. The van der Waals surface area contributed by atoms with Crippen molar-refractivity contribution < 1.29 is 13.9 Å². The Morgan fingerprint density at radius 1 is 1.03 bits per heavy atom. The first-order valence-electron chi connectivity index (χ1n) is 9.53. The Bertz CT molecular complexity index is 911. The second kappa shape index (κ2) is 10.1. The molecular weight excluding hydrogens is 386 g/mol. The van der Waals surface area contributed by atoms with E-state index in [-0.39, 0.29) is 24.3 Å². The van der Waals surface area contributed by atoms with Crippen LogP contribution >= 0.6 is 11.8 Å². The van der Waals surface area contributed by atoms with Gasteiger partial charge >= 0.3 is 0 Å². The third kappa shape index (κ3) is 6.35. The minimum absolute atomic E-state index is 0.0574. The van der Waals surface area contributed by atoms with Crippen molar-refractivity contribution in [2.45, 2.75) is 44.6 Å². The Kier molecular flexibility index (Phi) is 7.30. The molecule has 0 spiro atoms. The summed E-state index contributed by atoms with van der Waals surface area (Å²) in [5.74, 6) is 1.71. The first kappa shape index (κ1) is 20.9. The van der Waals surface area contributed by atoms with E-state index < -0.39 is 0 Å². The van der Waals surface area contributed by atoms with Gasteiger partial charge in [-0.05, 0) is 36.1 Å². The number of carbonyl (C=O) groups excluding carboxylic acids is 1. The van der Waals surface area contributed by atoms with Gasteiger partial charge in [-0.2, -0.15) is 0 Å². The van der Waals surface area contributed by atoms with Gasteiger partial charge in [0, 0.05) is 0 Å². The number of nitrogens with zero attached hydrogens (tertiary/aromatic N) is 2. The number of amides is 1. The molecule has 7 heteroatoms. The minimum Gasteiger partial charge on any atom is -0.484 e. The van der Waals surface area contributed by atoms with E-state index in [1.807, 2.05) is 61.5 Å². The van der Waals surface area contributed by atoms with E-state index in [0.717, 1.165) is 11.3 Å². The molecule has 0 aliphatic heterocycles. The summed E-state index contributed by atoms with van der Waals surface area (Å²) < 4.78 is 11.2. The van der Waals surface area contributed by atoms with Crippen molar-refractivity contribution in [2.75, 3.05) is 5.75 Å². The monoisotopic (exact) mass is 411 g/mol. The van der Waals surface area contributed by atoms with Crippen molar-refractivity contribution in [3.63, 3.8) is 0 Å². The third-order valence-corrected chi connectivity index (χ3v) is 5.18. The number of rotatable bonds is 9. The number of nitrogens with one attached hydrogen (secondary N) is 1. The Hall–Kier alpha value is -2.80. The van der Waals surface area contributed by atoms with Crippen LogP contribution in [0.15, 0.2) is 64.2 Å². The fraction of sp³-hybridized carbons (Fsp3) is 0.318.